The number of nitrogens with zero attached hydrogens (tertiary/aromatic N) is 2. The van der Waals surface area contributed by atoms with E-state index in [9.17, 15) is 9.59 Å². The first-order chi connectivity index (χ1) is 8.40. The number of carbonyl (C=O) groups excluding carboxylic acids is 1. The van der Waals surface area contributed by atoms with Gasteiger partial charge in [0, 0.05) is 24.8 Å². The van der Waals surface area contributed by atoms with Crippen molar-refractivity contribution >= 4 is 29.2 Å². The molecule has 0 unspecified atom stereocenters. The number of anilines is 1. The molecule has 1 aromatic carbocycles. The topological polar surface area (TPSA) is 60.9 Å². The Morgan fingerprint density at radius 1 is 1.17 bits per heavy atom. The molecule has 0 bridgehead atoms. The molecule has 0 fully saturated rings. The predicted octanol–water partition coefficient (Wildman–Crippen LogP) is 1.32. The highest BCUT2D eigenvalue weighted by Gasteiger charge is 2.15. The highest BCUT2D eigenvalue weighted by Crippen LogP contribution is 2.17. The van der Waals surface area contributed by atoms with Crippen LogP contribution in [-0.4, -0.2) is 49.1 Å². The van der Waals surface area contributed by atoms with E-state index >= 15 is 0 Å². The summed E-state index contributed by atoms with van der Waals surface area (Å²) in [4.78, 5) is 25.4. The van der Waals surface area contributed by atoms with Crippen LogP contribution in [0.15, 0.2) is 24.3 Å². The van der Waals surface area contributed by atoms with Crippen LogP contribution >= 0.6 is 11.6 Å². The lowest BCUT2D eigenvalue weighted by atomic mass is 10.2. The minimum absolute atomic E-state index is 0.0148. The van der Waals surface area contributed by atoms with Crippen molar-refractivity contribution in [1.82, 2.24) is 4.90 Å². The van der Waals surface area contributed by atoms with Crippen LogP contribution in [0.25, 0.3) is 0 Å². The minimum Gasteiger partial charge on any atom is -0.480 e. The number of hydrogen-bond donors (Lipinski definition) is 1. The second kappa shape index (κ2) is 6.26. The summed E-state index contributed by atoms with van der Waals surface area (Å²) in [5, 5.41) is 9.42. The third-order valence-electron chi connectivity index (χ3n) is 2.34. The van der Waals surface area contributed by atoms with E-state index in [0.29, 0.717) is 10.7 Å². The van der Waals surface area contributed by atoms with Crippen LogP contribution in [0.3, 0.4) is 0 Å². The van der Waals surface area contributed by atoms with Crippen LogP contribution in [0, 0.1) is 0 Å². The van der Waals surface area contributed by atoms with Gasteiger partial charge in [0.05, 0.1) is 6.54 Å². The molecule has 0 spiro atoms. The van der Waals surface area contributed by atoms with E-state index in [1.165, 1.54) is 9.80 Å². The molecular weight excluding hydrogens is 256 g/mol. The zero-order valence-electron chi connectivity index (χ0n) is 10.3. The number of hydrogen-bond acceptors (Lipinski definition) is 3. The highest BCUT2D eigenvalue weighted by atomic mass is 35.5. The van der Waals surface area contributed by atoms with E-state index in [4.69, 9.17) is 16.7 Å². The number of benzene rings is 1. The molecule has 6 heteroatoms. The summed E-state index contributed by atoms with van der Waals surface area (Å²) in [5.41, 5.74) is 0.650. The van der Waals surface area contributed by atoms with Gasteiger partial charge in [-0.25, -0.2) is 0 Å². The van der Waals surface area contributed by atoms with E-state index in [1.807, 2.05) is 0 Å². The van der Waals surface area contributed by atoms with Gasteiger partial charge >= 0.3 is 5.97 Å². The summed E-state index contributed by atoms with van der Waals surface area (Å²) in [6, 6.07) is 6.69. The van der Waals surface area contributed by atoms with Gasteiger partial charge in [-0.3, -0.25) is 9.59 Å². The maximum absolute atomic E-state index is 11.6. The molecule has 0 radical (unpaired) electrons. The molecule has 1 aromatic rings. The molecule has 18 heavy (non-hydrogen) atoms. The Labute approximate surface area is 111 Å². The van der Waals surface area contributed by atoms with Gasteiger partial charge in [0.1, 0.15) is 6.54 Å². The third-order valence-corrected chi connectivity index (χ3v) is 2.59. The van der Waals surface area contributed by atoms with Gasteiger partial charge in [0.2, 0.25) is 5.91 Å². The lowest BCUT2D eigenvalue weighted by molar-refractivity contribution is -0.135. The van der Waals surface area contributed by atoms with Crippen molar-refractivity contribution in [2.45, 2.75) is 0 Å². The Kier molecular flexibility index (Phi) is 4.97. The molecule has 0 aliphatic carbocycles. The molecule has 0 saturated heterocycles. The van der Waals surface area contributed by atoms with Crippen LogP contribution in [0.4, 0.5) is 5.69 Å². The summed E-state index contributed by atoms with van der Waals surface area (Å²) >= 11 is 5.77. The molecule has 0 saturated carbocycles. The Morgan fingerprint density at radius 3 is 2.17 bits per heavy atom. The molecule has 1 N–H and O–H groups in total. The zero-order chi connectivity index (χ0) is 13.7. The molecule has 0 aromatic heterocycles. The number of amides is 1. The molecule has 0 aliphatic heterocycles. The standard InChI is InChI=1S/C12H15ClN2O3/c1-14(2)11(16)7-15(8-12(17)18)10-5-3-9(13)4-6-10/h3-6H,7-8H2,1-2H3,(H,17,18). The van der Waals surface area contributed by atoms with Crippen molar-refractivity contribution in [1.29, 1.82) is 0 Å². The Bertz CT molecular complexity index is 431. The van der Waals surface area contributed by atoms with Gasteiger partial charge < -0.3 is 14.9 Å². The van der Waals surface area contributed by atoms with Crippen LogP contribution < -0.4 is 4.90 Å². The minimum atomic E-state index is -0.989. The van der Waals surface area contributed by atoms with Gasteiger partial charge in [-0.05, 0) is 24.3 Å². The third kappa shape index (κ3) is 4.25. The first-order valence-electron chi connectivity index (χ1n) is 5.32. The summed E-state index contributed by atoms with van der Waals surface area (Å²) in [6.45, 7) is -0.220. The fraction of sp³-hybridized carbons (Fsp3) is 0.333. The summed E-state index contributed by atoms with van der Waals surface area (Å²) in [7, 11) is 3.26. The van der Waals surface area contributed by atoms with Crippen LogP contribution in [0.5, 0.6) is 0 Å². The second-order valence-electron chi connectivity index (χ2n) is 4.01. The Hall–Kier alpha value is -1.75. The van der Waals surface area contributed by atoms with Crippen molar-refractivity contribution in [2.24, 2.45) is 0 Å². The molecule has 5 nitrogen and oxygen atoms in total. The van der Waals surface area contributed by atoms with E-state index in [-0.39, 0.29) is 19.0 Å². The summed E-state index contributed by atoms with van der Waals surface area (Å²) in [6.07, 6.45) is 0. The monoisotopic (exact) mass is 270 g/mol. The number of aliphatic carboxylic acids is 1. The average Bonchev–Trinajstić information content (AvgIpc) is 2.28. The smallest absolute Gasteiger partial charge is 0.323 e. The van der Waals surface area contributed by atoms with Gasteiger partial charge in [0.15, 0.2) is 0 Å². The van der Waals surface area contributed by atoms with Crippen LogP contribution in [0.2, 0.25) is 5.02 Å². The van der Waals surface area contributed by atoms with E-state index in [1.54, 1.807) is 38.4 Å². The van der Waals surface area contributed by atoms with Gasteiger partial charge in [-0.1, -0.05) is 11.6 Å². The molecule has 0 heterocycles. The second-order valence-corrected chi connectivity index (χ2v) is 4.45. The van der Waals surface area contributed by atoms with Crippen molar-refractivity contribution < 1.29 is 14.7 Å². The lowest BCUT2D eigenvalue weighted by Crippen LogP contribution is -2.39. The normalized spacial score (nSPS) is 9.94. The number of carboxylic acid groups (broad SMARTS) is 1. The van der Waals surface area contributed by atoms with Gasteiger partial charge in [0.25, 0.3) is 0 Å². The number of rotatable bonds is 5. The molecule has 0 aliphatic rings. The van der Waals surface area contributed by atoms with Crippen molar-refractivity contribution in [3.63, 3.8) is 0 Å². The lowest BCUT2D eigenvalue weighted by Gasteiger charge is -2.24. The largest absolute Gasteiger partial charge is 0.480 e. The van der Waals surface area contributed by atoms with E-state index in [2.05, 4.69) is 0 Å². The van der Waals surface area contributed by atoms with Crippen molar-refractivity contribution in [2.75, 3.05) is 32.1 Å². The predicted molar refractivity (Wildman–Crippen MR) is 70.0 cm³/mol. The summed E-state index contributed by atoms with van der Waals surface area (Å²) < 4.78 is 0. The fourth-order valence-corrected chi connectivity index (χ4v) is 1.48. The molecule has 1 amide bonds. The Balaban J connectivity index is 2.87. The number of carbonyl (C=O) groups is 2. The highest BCUT2D eigenvalue weighted by molar-refractivity contribution is 6.30. The van der Waals surface area contributed by atoms with Crippen molar-refractivity contribution in [3.8, 4) is 0 Å². The quantitative estimate of drug-likeness (QED) is 0.877. The number of likely N-dealkylation sites (N-methyl/N-ethyl adjacent to an activating group) is 1. The number of carboxylic acids is 1. The SMILES string of the molecule is CN(C)C(=O)CN(CC(=O)O)c1ccc(Cl)cc1. The van der Waals surface area contributed by atoms with Gasteiger partial charge in [-0.15, -0.1) is 0 Å². The molecule has 1 rings (SSSR count). The molecule has 98 valence electrons. The first-order valence-corrected chi connectivity index (χ1v) is 5.70. The maximum atomic E-state index is 11.6. The van der Waals surface area contributed by atoms with Crippen LogP contribution in [-0.2, 0) is 9.59 Å². The zero-order valence-corrected chi connectivity index (χ0v) is 11.0. The Morgan fingerprint density at radius 2 is 1.72 bits per heavy atom. The first kappa shape index (κ1) is 14.3. The van der Waals surface area contributed by atoms with Crippen LogP contribution in [0.1, 0.15) is 0 Å². The van der Waals surface area contributed by atoms with E-state index in [0.717, 1.165) is 0 Å². The average molecular weight is 271 g/mol. The van der Waals surface area contributed by atoms with Crippen molar-refractivity contribution in [3.05, 3.63) is 29.3 Å². The fourth-order valence-electron chi connectivity index (χ4n) is 1.36. The summed E-state index contributed by atoms with van der Waals surface area (Å²) in [5.74, 6) is -1.15. The molecular formula is C12H15ClN2O3. The van der Waals surface area contributed by atoms with Gasteiger partial charge in [-0.2, -0.15) is 0 Å². The van der Waals surface area contributed by atoms with E-state index < -0.39 is 5.97 Å². The number of halogens is 1. The molecule has 0 atom stereocenters. The maximum Gasteiger partial charge on any atom is 0.323 e.